The van der Waals surface area contributed by atoms with Gasteiger partial charge in [0, 0.05) is 11.9 Å². The number of para-hydroxylation sites is 2. The molecule has 5 heteroatoms. The van der Waals surface area contributed by atoms with Crippen LogP contribution in [0.2, 0.25) is 0 Å². The number of aryl methyl sites for hydroxylation is 1. The maximum atomic E-state index is 11.0. The molecule has 0 aliphatic rings. The van der Waals surface area contributed by atoms with Crippen LogP contribution < -0.4 is 0 Å². The van der Waals surface area contributed by atoms with E-state index < -0.39 is 5.97 Å². The normalized spacial score (nSPS) is 11.1. The molecule has 0 saturated carbocycles. The minimum atomic E-state index is -0.977. The van der Waals surface area contributed by atoms with E-state index in [4.69, 9.17) is 5.11 Å². The van der Waals surface area contributed by atoms with Gasteiger partial charge in [0.25, 0.3) is 0 Å². The number of nitrogens with zero attached hydrogens (tertiary/aromatic N) is 3. The highest BCUT2D eigenvalue weighted by atomic mass is 16.4. The van der Waals surface area contributed by atoms with E-state index in [1.807, 2.05) is 24.3 Å². The molecule has 17 heavy (non-hydrogen) atoms. The van der Waals surface area contributed by atoms with E-state index >= 15 is 0 Å². The van der Waals surface area contributed by atoms with E-state index in [-0.39, 0.29) is 5.56 Å². The average Bonchev–Trinajstić information content (AvgIpc) is 2.67. The van der Waals surface area contributed by atoms with E-state index in [1.54, 1.807) is 11.3 Å². The van der Waals surface area contributed by atoms with Crippen LogP contribution in [0.1, 0.15) is 16.1 Å². The van der Waals surface area contributed by atoms with E-state index in [0.29, 0.717) is 11.5 Å². The van der Waals surface area contributed by atoms with Crippen molar-refractivity contribution in [2.45, 2.75) is 6.92 Å². The number of fused-ring (bicyclic) bond motifs is 3. The Bertz CT molecular complexity index is 746. The molecule has 0 unspecified atom stereocenters. The van der Waals surface area contributed by atoms with Crippen LogP contribution in [0.5, 0.6) is 0 Å². The second kappa shape index (κ2) is 3.28. The van der Waals surface area contributed by atoms with Crippen molar-refractivity contribution in [1.29, 1.82) is 0 Å². The third-order valence-corrected chi connectivity index (χ3v) is 2.81. The number of rotatable bonds is 1. The van der Waals surface area contributed by atoms with Crippen molar-refractivity contribution < 1.29 is 9.90 Å². The molecule has 0 bridgehead atoms. The molecule has 2 heterocycles. The minimum Gasteiger partial charge on any atom is -0.478 e. The van der Waals surface area contributed by atoms with E-state index in [2.05, 4.69) is 9.97 Å². The first kappa shape index (κ1) is 9.77. The van der Waals surface area contributed by atoms with Crippen molar-refractivity contribution in [3.63, 3.8) is 0 Å². The van der Waals surface area contributed by atoms with Gasteiger partial charge in [0.1, 0.15) is 0 Å². The van der Waals surface area contributed by atoms with E-state index in [0.717, 1.165) is 11.0 Å². The smallest absolute Gasteiger partial charge is 0.339 e. The molecule has 0 radical (unpaired) electrons. The summed E-state index contributed by atoms with van der Waals surface area (Å²) in [5.41, 5.74) is 2.51. The molecule has 1 N–H and O–H groups in total. The standard InChI is InChI=1S/C12H9N3O2/c1-7-8(11(16)17)6-13-12-14-9-4-2-3-5-10(9)15(7)12/h2-6H,1H3,(H,16,17). The monoisotopic (exact) mass is 227 g/mol. The molecule has 0 aliphatic heterocycles. The van der Waals surface area contributed by atoms with E-state index in [9.17, 15) is 4.79 Å². The number of benzene rings is 1. The van der Waals surface area contributed by atoms with Crippen molar-refractivity contribution in [3.05, 3.63) is 41.7 Å². The highest BCUT2D eigenvalue weighted by molar-refractivity contribution is 5.90. The second-order valence-electron chi connectivity index (χ2n) is 3.80. The fourth-order valence-corrected chi connectivity index (χ4v) is 1.98. The Morgan fingerprint density at radius 1 is 1.35 bits per heavy atom. The van der Waals surface area contributed by atoms with Crippen LogP contribution in [-0.4, -0.2) is 25.4 Å². The van der Waals surface area contributed by atoms with Crippen LogP contribution in [0, 0.1) is 6.92 Å². The summed E-state index contributed by atoms with van der Waals surface area (Å²) in [5.74, 6) is -0.455. The van der Waals surface area contributed by atoms with Gasteiger partial charge in [0.2, 0.25) is 5.78 Å². The van der Waals surface area contributed by atoms with Gasteiger partial charge in [-0.3, -0.25) is 4.40 Å². The third-order valence-electron chi connectivity index (χ3n) is 2.81. The Kier molecular flexibility index (Phi) is 1.89. The van der Waals surface area contributed by atoms with Crippen molar-refractivity contribution in [2.24, 2.45) is 0 Å². The molecular weight excluding hydrogens is 218 g/mol. The lowest BCUT2D eigenvalue weighted by Crippen LogP contribution is -2.06. The number of hydrogen-bond donors (Lipinski definition) is 1. The van der Waals surface area contributed by atoms with Crippen LogP contribution in [0.4, 0.5) is 0 Å². The Morgan fingerprint density at radius 2 is 2.12 bits per heavy atom. The first-order valence-electron chi connectivity index (χ1n) is 5.14. The molecular formula is C12H9N3O2. The van der Waals surface area contributed by atoms with Crippen LogP contribution in [0.3, 0.4) is 0 Å². The fraction of sp³-hybridized carbons (Fsp3) is 0.0833. The number of hydrogen-bond acceptors (Lipinski definition) is 3. The summed E-state index contributed by atoms with van der Waals surface area (Å²) >= 11 is 0. The molecule has 0 aliphatic carbocycles. The topological polar surface area (TPSA) is 67.5 Å². The summed E-state index contributed by atoms with van der Waals surface area (Å²) in [5, 5.41) is 9.06. The number of imidazole rings is 1. The van der Waals surface area contributed by atoms with Crippen molar-refractivity contribution >= 4 is 22.8 Å². The van der Waals surface area contributed by atoms with Gasteiger partial charge in [-0.05, 0) is 19.1 Å². The fourth-order valence-electron chi connectivity index (χ4n) is 1.98. The molecule has 0 fully saturated rings. The lowest BCUT2D eigenvalue weighted by atomic mass is 10.2. The first-order valence-corrected chi connectivity index (χ1v) is 5.14. The highest BCUT2D eigenvalue weighted by Crippen LogP contribution is 2.18. The molecule has 0 spiro atoms. The number of carboxylic acids is 1. The number of aromatic nitrogens is 3. The summed E-state index contributed by atoms with van der Waals surface area (Å²) in [6.45, 7) is 1.76. The Balaban J connectivity index is 2.52. The molecule has 3 rings (SSSR count). The molecule has 2 aromatic heterocycles. The largest absolute Gasteiger partial charge is 0.478 e. The van der Waals surface area contributed by atoms with Crippen molar-refractivity contribution in [2.75, 3.05) is 0 Å². The minimum absolute atomic E-state index is 0.195. The zero-order valence-electron chi connectivity index (χ0n) is 9.08. The summed E-state index contributed by atoms with van der Waals surface area (Å²) < 4.78 is 1.76. The SMILES string of the molecule is Cc1c(C(=O)O)cnc2nc3ccccc3n12. The molecule has 84 valence electrons. The zero-order valence-corrected chi connectivity index (χ0v) is 9.08. The van der Waals surface area contributed by atoms with Gasteiger partial charge in [-0.15, -0.1) is 0 Å². The van der Waals surface area contributed by atoms with E-state index in [1.165, 1.54) is 6.20 Å². The number of carbonyl (C=O) groups is 1. The molecule has 0 atom stereocenters. The average molecular weight is 227 g/mol. The number of carboxylic acid groups (broad SMARTS) is 1. The molecule has 0 saturated heterocycles. The highest BCUT2D eigenvalue weighted by Gasteiger charge is 2.13. The third kappa shape index (κ3) is 1.29. The van der Waals surface area contributed by atoms with Crippen LogP contribution in [0.25, 0.3) is 16.8 Å². The quantitative estimate of drug-likeness (QED) is 0.689. The van der Waals surface area contributed by atoms with Gasteiger partial charge >= 0.3 is 5.97 Å². The molecule has 0 amide bonds. The molecule has 5 nitrogen and oxygen atoms in total. The molecule has 1 aromatic carbocycles. The zero-order chi connectivity index (χ0) is 12.0. The van der Waals surface area contributed by atoms with Gasteiger partial charge < -0.3 is 5.11 Å². The Labute approximate surface area is 96.4 Å². The first-order chi connectivity index (χ1) is 8.18. The predicted octanol–water partition coefficient (Wildman–Crippen LogP) is 1.89. The Hall–Kier alpha value is -2.43. The van der Waals surface area contributed by atoms with Crippen LogP contribution in [0.15, 0.2) is 30.5 Å². The molecule has 3 aromatic rings. The summed E-state index contributed by atoms with van der Waals surface area (Å²) in [7, 11) is 0. The van der Waals surface area contributed by atoms with Gasteiger partial charge in [0.15, 0.2) is 0 Å². The maximum Gasteiger partial charge on any atom is 0.339 e. The van der Waals surface area contributed by atoms with Gasteiger partial charge in [-0.2, -0.15) is 0 Å². The van der Waals surface area contributed by atoms with Gasteiger partial charge in [-0.25, -0.2) is 14.8 Å². The predicted molar refractivity (Wildman–Crippen MR) is 62.2 cm³/mol. The summed E-state index contributed by atoms with van der Waals surface area (Å²) in [4.78, 5) is 19.5. The lowest BCUT2D eigenvalue weighted by molar-refractivity contribution is 0.0695. The Morgan fingerprint density at radius 3 is 2.88 bits per heavy atom. The van der Waals surface area contributed by atoms with Gasteiger partial charge in [0.05, 0.1) is 16.6 Å². The summed E-state index contributed by atoms with van der Waals surface area (Å²) in [6, 6.07) is 7.56. The van der Waals surface area contributed by atoms with Crippen LogP contribution in [-0.2, 0) is 0 Å². The lowest BCUT2D eigenvalue weighted by Gasteiger charge is -2.03. The van der Waals surface area contributed by atoms with Crippen LogP contribution >= 0.6 is 0 Å². The second-order valence-corrected chi connectivity index (χ2v) is 3.80. The summed E-state index contributed by atoms with van der Waals surface area (Å²) in [6.07, 6.45) is 1.35. The van der Waals surface area contributed by atoms with Crippen molar-refractivity contribution in [3.8, 4) is 0 Å². The van der Waals surface area contributed by atoms with Crippen molar-refractivity contribution in [1.82, 2.24) is 14.4 Å². The maximum absolute atomic E-state index is 11.0. The van der Waals surface area contributed by atoms with Gasteiger partial charge in [-0.1, -0.05) is 12.1 Å². The number of aromatic carboxylic acids is 1.